The molecule has 0 aromatic heterocycles. The van der Waals surface area contributed by atoms with E-state index in [0.29, 0.717) is 18.3 Å². The minimum absolute atomic E-state index is 0.123. The number of aliphatic carboxylic acids is 1. The molecule has 1 atom stereocenters. The molecule has 2 amide bonds. The lowest BCUT2D eigenvalue weighted by atomic mass is 9.87. The van der Waals surface area contributed by atoms with Crippen LogP contribution in [0.4, 0.5) is 4.79 Å². The second kappa shape index (κ2) is 7.36. The fourth-order valence-electron chi connectivity index (χ4n) is 2.50. The van der Waals surface area contributed by atoms with Crippen molar-refractivity contribution in [3.05, 3.63) is 0 Å². The van der Waals surface area contributed by atoms with Gasteiger partial charge in [-0.1, -0.05) is 20.8 Å². The number of urea groups is 1. The second-order valence-electron chi connectivity index (χ2n) is 5.70. The number of carboxylic acid groups (broad SMARTS) is 1. The van der Waals surface area contributed by atoms with Crippen LogP contribution in [0.15, 0.2) is 0 Å². The number of nitrogens with one attached hydrogen (secondary N) is 1. The minimum atomic E-state index is -0.846. The van der Waals surface area contributed by atoms with Crippen LogP contribution in [0.2, 0.25) is 0 Å². The third-order valence-corrected chi connectivity index (χ3v) is 4.11. The summed E-state index contributed by atoms with van der Waals surface area (Å²) in [6.07, 6.45) is 2.62. The number of rotatable bonds is 5. The van der Waals surface area contributed by atoms with Crippen molar-refractivity contribution in [2.75, 3.05) is 19.6 Å². The van der Waals surface area contributed by atoms with E-state index in [4.69, 9.17) is 5.11 Å². The highest BCUT2D eigenvalue weighted by molar-refractivity contribution is 5.76. The summed E-state index contributed by atoms with van der Waals surface area (Å²) in [6.45, 7) is 8.03. The molecule has 5 heteroatoms. The number of hydrogen-bond acceptors (Lipinski definition) is 2. The number of carboxylic acids is 1. The summed E-state index contributed by atoms with van der Waals surface area (Å²) >= 11 is 0. The van der Waals surface area contributed by atoms with Gasteiger partial charge >= 0.3 is 12.0 Å². The molecular weight excluding hydrogens is 244 g/mol. The average Bonchev–Trinajstić information content (AvgIpc) is 2.38. The second-order valence-corrected chi connectivity index (χ2v) is 5.70. The predicted molar refractivity (Wildman–Crippen MR) is 74.0 cm³/mol. The van der Waals surface area contributed by atoms with Crippen molar-refractivity contribution >= 4 is 12.0 Å². The quantitative estimate of drug-likeness (QED) is 0.804. The number of carbonyl (C=O) groups excluding carboxylic acids is 1. The lowest BCUT2D eigenvalue weighted by molar-refractivity contribution is -0.141. The molecule has 0 radical (unpaired) electrons. The fraction of sp³-hybridized carbons (Fsp3) is 0.857. The van der Waals surface area contributed by atoms with Gasteiger partial charge in [0.05, 0.1) is 5.92 Å². The molecule has 1 saturated heterocycles. The Bertz CT molecular complexity index is 310. The summed E-state index contributed by atoms with van der Waals surface area (Å²) < 4.78 is 0. The van der Waals surface area contributed by atoms with Gasteiger partial charge in [0.2, 0.25) is 0 Å². The molecule has 1 aliphatic heterocycles. The Morgan fingerprint density at radius 1 is 1.32 bits per heavy atom. The van der Waals surface area contributed by atoms with E-state index in [1.54, 1.807) is 4.90 Å². The molecule has 110 valence electrons. The predicted octanol–water partition coefficient (Wildman–Crippen LogP) is 2.17. The standard InChI is InChI=1S/C14H26N2O3/c1-4-11(13(17)18)9-15-14(19)16-7-5-12(6-8-16)10(2)3/h10-12H,4-9H2,1-3H3,(H,15,19)(H,17,18). The van der Waals surface area contributed by atoms with E-state index < -0.39 is 11.9 Å². The number of amides is 2. The zero-order chi connectivity index (χ0) is 14.4. The van der Waals surface area contributed by atoms with Gasteiger partial charge in [-0.3, -0.25) is 4.79 Å². The molecular formula is C14H26N2O3. The van der Waals surface area contributed by atoms with Crippen LogP contribution in [0.3, 0.4) is 0 Å². The number of nitrogens with zero attached hydrogens (tertiary/aromatic N) is 1. The highest BCUT2D eigenvalue weighted by atomic mass is 16.4. The van der Waals surface area contributed by atoms with Gasteiger partial charge in [0.1, 0.15) is 0 Å². The third-order valence-electron chi connectivity index (χ3n) is 4.11. The van der Waals surface area contributed by atoms with Gasteiger partial charge in [0.25, 0.3) is 0 Å². The normalized spacial score (nSPS) is 18.4. The SMILES string of the molecule is CCC(CNC(=O)N1CCC(C(C)C)CC1)C(=O)O. The van der Waals surface area contributed by atoms with E-state index >= 15 is 0 Å². The van der Waals surface area contributed by atoms with E-state index in [0.717, 1.165) is 25.9 Å². The molecule has 19 heavy (non-hydrogen) atoms. The van der Waals surface area contributed by atoms with Gasteiger partial charge in [-0.2, -0.15) is 0 Å². The maximum Gasteiger partial charge on any atom is 0.317 e. The van der Waals surface area contributed by atoms with Crippen molar-refractivity contribution in [2.45, 2.75) is 40.0 Å². The number of likely N-dealkylation sites (tertiary alicyclic amines) is 1. The van der Waals surface area contributed by atoms with Gasteiger partial charge in [0, 0.05) is 19.6 Å². The molecule has 2 N–H and O–H groups in total. The first-order valence-electron chi connectivity index (χ1n) is 7.21. The summed E-state index contributed by atoms with van der Waals surface area (Å²) in [7, 11) is 0. The molecule has 0 aromatic carbocycles. The zero-order valence-corrected chi connectivity index (χ0v) is 12.2. The van der Waals surface area contributed by atoms with Crippen LogP contribution < -0.4 is 5.32 Å². The van der Waals surface area contributed by atoms with Crippen molar-refractivity contribution in [2.24, 2.45) is 17.8 Å². The van der Waals surface area contributed by atoms with Crippen LogP contribution in [0, 0.1) is 17.8 Å². The third kappa shape index (κ3) is 4.73. The van der Waals surface area contributed by atoms with E-state index in [9.17, 15) is 9.59 Å². The first kappa shape index (κ1) is 15.8. The van der Waals surface area contributed by atoms with Crippen molar-refractivity contribution in [1.82, 2.24) is 10.2 Å². The summed E-state index contributed by atoms with van der Waals surface area (Å²) in [6, 6.07) is -0.123. The summed E-state index contributed by atoms with van der Waals surface area (Å²) in [5.74, 6) is 0.0339. The summed E-state index contributed by atoms with van der Waals surface area (Å²) in [4.78, 5) is 24.6. The summed E-state index contributed by atoms with van der Waals surface area (Å²) in [5.41, 5.74) is 0. The number of piperidine rings is 1. The lowest BCUT2D eigenvalue weighted by Crippen LogP contribution is -2.46. The van der Waals surface area contributed by atoms with Gasteiger partial charge in [-0.05, 0) is 31.1 Å². The molecule has 1 aliphatic rings. The van der Waals surface area contributed by atoms with Crippen LogP contribution in [0.5, 0.6) is 0 Å². The number of carbonyl (C=O) groups is 2. The van der Waals surface area contributed by atoms with Crippen molar-refractivity contribution in [3.63, 3.8) is 0 Å². The van der Waals surface area contributed by atoms with Crippen LogP contribution >= 0.6 is 0 Å². The Morgan fingerprint density at radius 2 is 1.89 bits per heavy atom. The van der Waals surface area contributed by atoms with Gasteiger partial charge in [-0.25, -0.2) is 4.79 Å². The molecule has 0 bridgehead atoms. The van der Waals surface area contributed by atoms with Crippen molar-refractivity contribution in [1.29, 1.82) is 0 Å². The van der Waals surface area contributed by atoms with E-state index in [2.05, 4.69) is 19.2 Å². The molecule has 0 aliphatic carbocycles. The molecule has 0 spiro atoms. The Morgan fingerprint density at radius 3 is 2.32 bits per heavy atom. The highest BCUT2D eigenvalue weighted by Gasteiger charge is 2.25. The van der Waals surface area contributed by atoms with Gasteiger partial charge in [0.15, 0.2) is 0 Å². The van der Waals surface area contributed by atoms with Crippen LogP contribution in [-0.4, -0.2) is 41.6 Å². The largest absolute Gasteiger partial charge is 0.481 e. The first-order valence-corrected chi connectivity index (χ1v) is 7.21. The minimum Gasteiger partial charge on any atom is -0.481 e. The maximum absolute atomic E-state index is 11.9. The Labute approximate surface area is 115 Å². The first-order chi connectivity index (χ1) is 8.95. The highest BCUT2D eigenvalue weighted by Crippen LogP contribution is 2.24. The van der Waals surface area contributed by atoms with Crippen LogP contribution in [0.25, 0.3) is 0 Å². The zero-order valence-electron chi connectivity index (χ0n) is 12.2. The molecule has 0 saturated carbocycles. The van der Waals surface area contributed by atoms with E-state index in [1.165, 1.54) is 0 Å². The fourth-order valence-corrected chi connectivity index (χ4v) is 2.50. The Hall–Kier alpha value is -1.26. The molecule has 1 rings (SSSR count). The van der Waals surface area contributed by atoms with Crippen molar-refractivity contribution in [3.8, 4) is 0 Å². The maximum atomic E-state index is 11.9. The topological polar surface area (TPSA) is 69.6 Å². The van der Waals surface area contributed by atoms with E-state index in [-0.39, 0.29) is 12.6 Å². The lowest BCUT2D eigenvalue weighted by Gasteiger charge is -2.34. The number of hydrogen-bond donors (Lipinski definition) is 2. The van der Waals surface area contributed by atoms with Gasteiger partial charge < -0.3 is 15.3 Å². The average molecular weight is 270 g/mol. The van der Waals surface area contributed by atoms with E-state index in [1.807, 2.05) is 6.92 Å². The molecule has 0 aromatic rings. The van der Waals surface area contributed by atoms with Crippen LogP contribution in [-0.2, 0) is 4.79 Å². The Balaban J connectivity index is 2.33. The molecule has 1 heterocycles. The van der Waals surface area contributed by atoms with Crippen LogP contribution in [0.1, 0.15) is 40.0 Å². The molecule has 1 unspecified atom stereocenters. The smallest absolute Gasteiger partial charge is 0.317 e. The summed E-state index contributed by atoms with van der Waals surface area (Å²) in [5, 5.41) is 11.7. The van der Waals surface area contributed by atoms with Gasteiger partial charge in [-0.15, -0.1) is 0 Å². The van der Waals surface area contributed by atoms with Crippen molar-refractivity contribution < 1.29 is 14.7 Å². The molecule has 5 nitrogen and oxygen atoms in total. The molecule has 1 fully saturated rings. The monoisotopic (exact) mass is 270 g/mol. The Kier molecular flexibility index (Phi) is 6.12.